The van der Waals surface area contributed by atoms with Crippen molar-refractivity contribution in [3.8, 4) is 0 Å². The fourth-order valence-electron chi connectivity index (χ4n) is 2.04. The lowest BCUT2D eigenvalue weighted by molar-refractivity contribution is -0.141. The minimum atomic E-state index is -0.833. The predicted octanol–water partition coefficient (Wildman–Crippen LogP) is 3.91. The normalized spacial score (nSPS) is 12.6. The quantitative estimate of drug-likeness (QED) is 0.884. The molecule has 2 N–H and O–H groups in total. The Morgan fingerprint density at radius 2 is 1.86 bits per heavy atom. The monoisotopic (exact) mass is 307 g/mol. The second-order valence-corrected chi connectivity index (χ2v) is 6.66. The average molecular weight is 307 g/mol. The first kappa shape index (κ1) is 18.0. The van der Waals surface area contributed by atoms with Gasteiger partial charge in [-0.05, 0) is 63.8 Å². The van der Waals surface area contributed by atoms with E-state index in [4.69, 9.17) is 9.84 Å². The molecule has 1 atom stereocenters. The van der Waals surface area contributed by atoms with Crippen molar-refractivity contribution in [1.29, 1.82) is 0 Å². The molecule has 0 fully saturated rings. The van der Waals surface area contributed by atoms with Crippen LogP contribution in [0.5, 0.6) is 0 Å². The van der Waals surface area contributed by atoms with E-state index in [2.05, 4.69) is 5.32 Å². The molecule has 1 aromatic rings. The molecule has 0 saturated heterocycles. The van der Waals surface area contributed by atoms with Crippen molar-refractivity contribution in [2.75, 3.05) is 5.32 Å². The maximum absolute atomic E-state index is 11.9. The van der Waals surface area contributed by atoms with E-state index in [1.54, 1.807) is 27.7 Å². The molecule has 1 rings (SSSR count). The molecule has 22 heavy (non-hydrogen) atoms. The third-order valence-electron chi connectivity index (χ3n) is 3.33. The molecular formula is C17H25NO4. The molecule has 0 saturated carbocycles. The van der Waals surface area contributed by atoms with Crippen molar-refractivity contribution in [1.82, 2.24) is 0 Å². The molecule has 0 aliphatic heterocycles. The molecule has 1 unspecified atom stereocenters. The molecule has 0 heterocycles. The predicted molar refractivity (Wildman–Crippen MR) is 86.3 cm³/mol. The summed E-state index contributed by atoms with van der Waals surface area (Å²) in [5.74, 6) is -1.31. The lowest BCUT2D eigenvalue weighted by atomic mass is 9.96. The number of ether oxygens (including phenoxy) is 1. The first-order valence-electron chi connectivity index (χ1n) is 7.32. The summed E-state index contributed by atoms with van der Waals surface area (Å²) in [6, 6.07) is 3.76. The fraction of sp³-hybridized carbons (Fsp3) is 0.529. The molecule has 122 valence electrons. The van der Waals surface area contributed by atoms with E-state index in [1.165, 1.54) is 0 Å². The summed E-state index contributed by atoms with van der Waals surface area (Å²) in [5.41, 5.74) is 2.91. The Labute approximate surface area is 131 Å². The van der Waals surface area contributed by atoms with Crippen molar-refractivity contribution in [3.05, 3.63) is 28.8 Å². The van der Waals surface area contributed by atoms with Crippen molar-refractivity contribution >= 4 is 17.7 Å². The topological polar surface area (TPSA) is 75.6 Å². The SMILES string of the molecule is Cc1cc(CC(C)C(=O)O)cc(NC(=O)OC(C)(C)C)c1C. The lowest BCUT2D eigenvalue weighted by Crippen LogP contribution is -2.27. The van der Waals surface area contributed by atoms with E-state index in [0.29, 0.717) is 12.1 Å². The van der Waals surface area contributed by atoms with Gasteiger partial charge in [0, 0.05) is 5.69 Å². The third-order valence-corrected chi connectivity index (χ3v) is 3.33. The van der Waals surface area contributed by atoms with Crippen LogP contribution in [-0.2, 0) is 16.0 Å². The van der Waals surface area contributed by atoms with Gasteiger partial charge >= 0.3 is 12.1 Å². The Kier molecular flexibility index (Phi) is 5.58. The summed E-state index contributed by atoms with van der Waals surface area (Å²) in [6.45, 7) is 10.9. The molecule has 1 amide bonds. The van der Waals surface area contributed by atoms with E-state index >= 15 is 0 Å². The minimum Gasteiger partial charge on any atom is -0.481 e. The van der Waals surface area contributed by atoms with Crippen LogP contribution in [0, 0.1) is 19.8 Å². The molecule has 5 nitrogen and oxygen atoms in total. The average Bonchev–Trinajstić information content (AvgIpc) is 2.32. The largest absolute Gasteiger partial charge is 0.481 e. The van der Waals surface area contributed by atoms with E-state index in [0.717, 1.165) is 16.7 Å². The molecule has 0 bridgehead atoms. The van der Waals surface area contributed by atoms with Crippen molar-refractivity contribution < 1.29 is 19.4 Å². The standard InChI is InChI=1S/C17H25NO4/c1-10-7-13(8-11(2)15(19)20)9-14(12(10)3)18-16(21)22-17(4,5)6/h7,9,11H,8H2,1-6H3,(H,18,21)(H,19,20). The van der Waals surface area contributed by atoms with E-state index in [9.17, 15) is 9.59 Å². The van der Waals surface area contributed by atoms with Crippen LogP contribution >= 0.6 is 0 Å². The van der Waals surface area contributed by atoms with Gasteiger partial charge in [-0.1, -0.05) is 13.0 Å². The van der Waals surface area contributed by atoms with Gasteiger partial charge < -0.3 is 9.84 Å². The number of hydrogen-bond donors (Lipinski definition) is 2. The van der Waals surface area contributed by atoms with Gasteiger partial charge in [-0.25, -0.2) is 4.79 Å². The summed E-state index contributed by atoms with van der Waals surface area (Å²) in [5, 5.41) is 11.8. The zero-order valence-corrected chi connectivity index (χ0v) is 14.1. The Hall–Kier alpha value is -2.04. The van der Waals surface area contributed by atoms with Gasteiger partial charge in [0.2, 0.25) is 0 Å². The maximum Gasteiger partial charge on any atom is 0.412 e. The highest BCUT2D eigenvalue weighted by atomic mass is 16.6. The van der Waals surface area contributed by atoms with Crippen LogP contribution in [0.4, 0.5) is 10.5 Å². The summed E-state index contributed by atoms with van der Waals surface area (Å²) in [7, 11) is 0. The highest BCUT2D eigenvalue weighted by Gasteiger charge is 2.18. The van der Waals surface area contributed by atoms with Gasteiger partial charge in [-0.2, -0.15) is 0 Å². The molecule has 5 heteroatoms. The number of aryl methyl sites for hydroxylation is 1. The number of carboxylic acid groups (broad SMARTS) is 1. The number of carboxylic acids is 1. The maximum atomic E-state index is 11.9. The minimum absolute atomic E-state index is 0.416. The molecule has 0 spiro atoms. The Morgan fingerprint density at radius 1 is 1.27 bits per heavy atom. The second kappa shape index (κ2) is 6.81. The van der Waals surface area contributed by atoms with E-state index in [-0.39, 0.29) is 0 Å². The molecule has 0 radical (unpaired) electrons. The number of hydrogen-bond acceptors (Lipinski definition) is 3. The fourth-order valence-corrected chi connectivity index (χ4v) is 2.04. The summed E-state index contributed by atoms with van der Waals surface area (Å²) < 4.78 is 5.25. The summed E-state index contributed by atoms with van der Waals surface area (Å²) in [6.07, 6.45) is -0.0992. The zero-order chi connectivity index (χ0) is 17.1. The number of amides is 1. The Balaban J connectivity index is 2.97. The van der Waals surface area contributed by atoms with Crippen LogP contribution in [0.15, 0.2) is 12.1 Å². The number of rotatable bonds is 4. The van der Waals surface area contributed by atoms with Crippen molar-refractivity contribution in [3.63, 3.8) is 0 Å². The van der Waals surface area contributed by atoms with Gasteiger partial charge in [-0.3, -0.25) is 10.1 Å². The van der Waals surface area contributed by atoms with Crippen LogP contribution in [0.1, 0.15) is 44.4 Å². The molecular weight excluding hydrogens is 282 g/mol. The molecule has 0 aliphatic carbocycles. The van der Waals surface area contributed by atoms with Crippen LogP contribution in [-0.4, -0.2) is 22.8 Å². The van der Waals surface area contributed by atoms with Gasteiger partial charge in [0.25, 0.3) is 0 Å². The number of aliphatic carboxylic acids is 1. The van der Waals surface area contributed by atoms with Gasteiger partial charge in [0.15, 0.2) is 0 Å². The number of carbonyl (C=O) groups excluding carboxylic acids is 1. The molecule has 1 aromatic carbocycles. The molecule has 0 aromatic heterocycles. The molecule has 0 aliphatic rings. The highest BCUT2D eigenvalue weighted by molar-refractivity contribution is 5.86. The van der Waals surface area contributed by atoms with E-state index in [1.807, 2.05) is 26.0 Å². The first-order valence-corrected chi connectivity index (χ1v) is 7.32. The highest BCUT2D eigenvalue weighted by Crippen LogP contribution is 2.24. The number of carbonyl (C=O) groups is 2. The number of benzene rings is 1. The van der Waals surface area contributed by atoms with Crippen LogP contribution < -0.4 is 5.32 Å². The smallest absolute Gasteiger partial charge is 0.412 e. The number of nitrogens with one attached hydrogen (secondary N) is 1. The Bertz CT molecular complexity index is 573. The lowest BCUT2D eigenvalue weighted by Gasteiger charge is -2.21. The van der Waals surface area contributed by atoms with Crippen LogP contribution in [0.3, 0.4) is 0 Å². The van der Waals surface area contributed by atoms with E-state index < -0.39 is 23.6 Å². The zero-order valence-electron chi connectivity index (χ0n) is 14.1. The van der Waals surface area contributed by atoms with Crippen molar-refractivity contribution in [2.45, 2.75) is 53.6 Å². The van der Waals surface area contributed by atoms with Gasteiger partial charge in [0.1, 0.15) is 5.60 Å². The second-order valence-electron chi connectivity index (χ2n) is 6.66. The van der Waals surface area contributed by atoms with Crippen LogP contribution in [0.25, 0.3) is 0 Å². The third kappa shape index (κ3) is 5.39. The van der Waals surface area contributed by atoms with Crippen LogP contribution in [0.2, 0.25) is 0 Å². The first-order chi connectivity index (χ1) is 9.99. The number of anilines is 1. The Morgan fingerprint density at radius 3 is 2.36 bits per heavy atom. The summed E-state index contributed by atoms with van der Waals surface area (Å²) >= 11 is 0. The van der Waals surface area contributed by atoms with Gasteiger partial charge in [0.05, 0.1) is 5.92 Å². The summed E-state index contributed by atoms with van der Waals surface area (Å²) in [4.78, 5) is 22.9. The van der Waals surface area contributed by atoms with Crippen molar-refractivity contribution in [2.24, 2.45) is 5.92 Å². The van der Waals surface area contributed by atoms with Gasteiger partial charge in [-0.15, -0.1) is 0 Å².